The van der Waals surface area contributed by atoms with Gasteiger partial charge in [-0.1, -0.05) is 49.5 Å². The van der Waals surface area contributed by atoms with E-state index in [0.717, 1.165) is 12.0 Å². The molecule has 0 fully saturated rings. The Kier molecular flexibility index (Phi) is 5.93. The highest BCUT2D eigenvalue weighted by Gasteiger charge is 2.23. The molecule has 0 aliphatic carbocycles. The van der Waals surface area contributed by atoms with Crippen LogP contribution in [0.5, 0.6) is 0 Å². The van der Waals surface area contributed by atoms with Crippen molar-refractivity contribution >= 4 is 29.2 Å². The maximum atomic E-state index is 11.2. The van der Waals surface area contributed by atoms with Crippen LogP contribution in [0, 0.1) is 5.92 Å². The van der Waals surface area contributed by atoms with Gasteiger partial charge >= 0.3 is 5.97 Å². The summed E-state index contributed by atoms with van der Waals surface area (Å²) in [4.78, 5) is 11.2. The molecule has 0 amide bonds. The maximum absolute atomic E-state index is 11.2. The fourth-order valence-electron chi connectivity index (χ4n) is 1.68. The molecule has 1 rings (SSSR count). The summed E-state index contributed by atoms with van der Waals surface area (Å²) in [5.41, 5.74) is 0.732. The first-order chi connectivity index (χ1) is 8.47. The third-order valence-corrected chi connectivity index (χ3v) is 3.75. The molecule has 2 N–H and O–H groups in total. The zero-order valence-electron chi connectivity index (χ0n) is 10.4. The van der Waals surface area contributed by atoms with Crippen molar-refractivity contribution in [1.29, 1.82) is 0 Å². The number of halogens is 2. The minimum atomic E-state index is -0.854. The fourth-order valence-corrected chi connectivity index (χ4v) is 2.21. The molecular formula is C13H17Cl2NO2. The number of aliphatic carboxylic acids is 1. The Morgan fingerprint density at radius 1 is 1.39 bits per heavy atom. The van der Waals surface area contributed by atoms with Crippen LogP contribution in [0.25, 0.3) is 0 Å². The summed E-state index contributed by atoms with van der Waals surface area (Å²) in [5, 5.41) is 13.3. The molecule has 0 radical (unpaired) electrons. The molecule has 0 heterocycles. The van der Waals surface area contributed by atoms with Gasteiger partial charge in [0.15, 0.2) is 0 Å². The standard InChI is InChI=1S/C13H17Cl2NO2/c1-3-8(2)12(13(17)18)16-7-9-10(14)5-4-6-11(9)15/h4-6,8,12,16H,3,7H2,1-2H3,(H,17,18). The lowest BCUT2D eigenvalue weighted by molar-refractivity contribution is -0.140. The van der Waals surface area contributed by atoms with Crippen LogP contribution < -0.4 is 5.32 Å². The van der Waals surface area contributed by atoms with Crippen LogP contribution in [-0.2, 0) is 11.3 Å². The highest BCUT2D eigenvalue weighted by Crippen LogP contribution is 2.24. The molecule has 0 aliphatic rings. The van der Waals surface area contributed by atoms with Crippen molar-refractivity contribution < 1.29 is 9.90 Å². The Hall–Kier alpha value is -0.770. The maximum Gasteiger partial charge on any atom is 0.320 e. The second-order valence-corrected chi connectivity index (χ2v) is 5.10. The van der Waals surface area contributed by atoms with Crippen LogP contribution >= 0.6 is 23.2 Å². The van der Waals surface area contributed by atoms with E-state index in [4.69, 9.17) is 28.3 Å². The van der Waals surface area contributed by atoms with Gasteiger partial charge < -0.3 is 5.11 Å². The van der Waals surface area contributed by atoms with Crippen molar-refractivity contribution in [2.75, 3.05) is 0 Å². The molecule has 100 valence electrons. The summed E-state index contributed by atoms with van der Waals surface area (Å²) in [6.07, 6.45) is 0.792. The van der Waals surface area contributed by atoms with Crippen molar-refractivity contribution in [2.45, 2.75) is 32.9 Å². The summed E-state index contributed by atoms with van der Waals surface area (Å²) in [6, 6.07) is 4.65. The molecule has 1 aromatic rings. The first-order valence-electron chi connectivity index (χ1n) is 5.86. The van der Waals surface area contributed by atoms with Crippen molar-refractivity contribution in [3.8, 4) is 0 Å². The fraction of sp³-hybridized carbons (Fsp3) is 0.462. The molecular weight excluding hydrogens is 273 g/mol. The van der Waals surface area contributed by atoms with Crippen molar-refractivity contribution in [3.63, 3.8) is 0 Å². The zero-order valence-corrected chi connectivity index (χ0v) is 11.9. The molecule has 5 heteroatoms. The van der Waals surface area contributed by atoms with E-state index in [1.54, 1.807) is 18.2 Å². The molecule has 2 unspecified atom stereocenters. The Bertz CT molecular complexity index is 403. The van der Waals surface area contributed by atoms with E-state index < -0.39 is 12.0 Å². The third kappa shape index (κ3) is 3.87. The highest BCUT2D eigenvalue weighted by atomic mass is 35.5. The molecule has 0 saturated heterocycles. The van der Waals surface area contributed by atoms with Crippen LogP contribution in [0.3, 0.4) is 0 Å². The zero-order chi connectivity index (χ0) is 13.7. The number of carbonyl (C=O) groups is 1. The number of hydrogen-bond donors (Lipinski definition) is 2. The van der Waals surface area contributed by atoms with Gasteiger partial charge in [-0.05, 0) is 18.1 Å². The van der Waals surface area contributed by atoms with Crippen molar-refractivity contribution in [1.82, 2.24) is 5.32 Å². The lowest BCUT2D eigenvalue weighted by Crippen LogP contribution is -2.41. The van der Waals surface area contributed by atoms with Crippen LogP contribution in [0.2, 0.25) is 10.0 Å². The number of carboxylic acids is 1. The number of hydrogen-bond acceptors (Lipinski definition) is 2. The van der Waals surface area contributed by atoms with Crippen molar-refractivity contribution in [3.05, 3.63) is 33.8 Å². The van der Waals surface area contributed by atoms with Gasteiger partial charge in [0, 0.05) is 22.2 Å². The molecule has 0 aromatic heterocycles. The smallest absolute Gasteiger partial charge is 0.320 e. The molecule has 0 bridgehead atoms. The molecule has 3 nitrogen and oxygen atoms in total. The molecule has 2 atom stereocenters. The third-order valence-electron chi connectivity index (χ3n) is 3.04. The van der Waals surface area contributed by atoms with E-state index in [1.807, 2.05) is 13.8 Å². The van der Waals surface area contributed by atoms with Crippen LogP contribution in [-0.4, -0.2) is 17.1 Å². The predicted molar refractivity (Wildman–Crippen MR) is 74.2 cm³/mol. The lowest BCUT2D eigenvalue weighted by Gasteiger charge is -2.20. The predicted octanol–water partition coefficient (Wildman–Crippen LogP) is 3.58. The summed E-state index contributed by atoms with van der Waals surface area (Å²) in [6.45, 7) is 4.21. The van der Waals surface area contributed by atoms with E-state index in [-0.39, 0.29) is 5.92 Å². The minimum Gasteiger partial charge on any atom is -0.480 e. The van der Waals surface area contributed by atoms with E-state index in [1.165, 1.54) is 0 Å². The number of benzene rings is 1. The van der Waals surface area contributed by atoms with E-state index >= 15 is 0 Å². The van der Waals surface area contributed by atoms with Gasteiger partial charge in [-0.15, -0.1) is 0 Å². The Balaban J connectivity index is 2.76. The summed E-state index contributed by atoms with van der Waals surface area (Å²) >= 11 is 12.1. The molecule has 18 heavy (non-hydrogen) atoms. The van der Waals surface area contributed by atoms with Crippen LogP contribution in [0.4, 0.5) is 0 Å². The quantitative estimate of drug-likeness (QED) is 0.842. The second-order valence-electron chi connectivity index (χ2n) is 4.28. The van der Waals surface area contributed by atoms with Gasteiger partial charge in [0.2, 0.25) is 0 Å². The number of rotatable bonds is 6. The molecule has 0 saturated carbocycles. The van der Waals surface area contributed by atoms with E-state index in [0.29, 0.717) is 16.6 Å². The largest absolute Gasteiger partial charge is 0.480 e. The Labute approximate surface area is 117 Å². The van der Waals surface area contributed by atoms with E-state index in [9.17, 15) is 4.79 Å². The lowest BCUT2D eigenvalue weighted by atomic mass is 9.99. The summed E-state index contributed by atoms with van der Waals surface area (Å²) < 4.78 is 0. The topological polar surface area (TPSA) is 49.3 Å². The van der Waals surface area contributed by atoms with Gasteiger partial charge in [-0.2, -0.15) is 0 Å². The number of nitrogens with one attached hydrogen (secondary N) is 1. The highest BCUT2D eigenvalue weighted by molar-refractivity contribution is 6.35. The normalized spacial score (nSPS) is 14.2. The average Bonchev–Trinajstić information content (AvgIpc) is 2.31. The molecule has 1 aromatic carbocycles. The summed E-state index contributed by atoms with van der Waals surface area (Å²) in [7, 11) is 0. The second kappa shape index (κ2) is 6.98. The average molecular weight is 290 g/mol. The van der Waals surface area contributed by atoms with Gasteiger partial charge in [-0.25, -0.2) is 0 Å². The summed E-state index contributed by atoms with van der Waals surface area (Å²) in [5.74, 6) is -0.809. The van der Waals surface area contributed by atoms with Gasteiger partial charge in [0.25, 0.3) is 0 Å². The van der Waals surface area contributed by atoms with Gasteiger partial charge in [0.05, 0.1) is 0 Å². The Morgan fingerprint density at radius 2 is 1.94 bits per heavy atom. The molecule has 0 spiro atoms. The van der Waals surface area contributed by atoms with Crippen LogP contribution in [0.15, 0.2) is 18.2 Å². The van der Waals surface area contributed by atoms with Gasteiger partial charge in [0.1, 0.15) is 6.04 Å². The monoisotopic (exact) mass is 289 g/mol. The SMILES string of the molecule is CCC(C)C(NCc1c(Cl)cccc1Cl)C(=O)O. The van der Waals surface area contributed by atoms with Gasteiger partial charge in [-0.3, -0.25) is 10.1 Å². The van der Waals surface area contributed by atoms with Crippen molar-refractivity contribution in [2.24, 2.45) is 5.92 Å². The van der Waals surface area contributed by atoms with Crippen LogP contribution in [0.1, 0.15) is 25.8 Å². The molecule has 0 aliphatic heterocycles. The Morgan fingerprint density at radius 3 is 2.39 bits per heavy atom. The van der Waals surface area contributed by atoms with E-state index in [2.05, 4.69) is 5.32 Å². The first kappa shape index (κ1) is 15.3. The number of carboxylic acid groups (broad SMARTS) is 1. The first-order valence-corrected chi connectivity index (χ1v) is 6.62. The minimum absolute atomic E-state index is 0.0452.